The molecule has 3 aromatic rings. The number of aromatic hydroxyl groups is 1. The van der Waals surface area contributed by atoms with Crippen molar-refractivity contribution >= 4 is 5.78 Å². The van der Waals surface area contributed by atoms with Crippen LogP contribution in [0.15, 0.2) is 73.2 Å². The largest absolute Gasteiger partial charge is 0.508 e. The van der Waals surface area contributed by atoms with Crippen LogP contribution in [0.3, 0.4) is 0 Å². The Morgan fingerprint density at radius 2 is 1.77 bits per heavy atom. The molecule has 0 radical (unpaired) electrons. The second-order valence-corrected chi connectivity index (χ2v) is 4.93. The lowest BCUT2D eigenvalue weighted by atomic mass is 10.1. The van der Waals surface area contributed by atoms with Gasteiger partial charge in [0.2, 0.25) is 18.0 Å². The molecule has 0 saturated heterocycles. The van der Waals surface area contributed by atoms with E-state index in [2.05, 4.69) is 4.98 Å². The smallest absolute Gasteiger partial charge is 0.231 e. The van der Waals surface area contributed by atoms with E-state index in [0.29, 0.717) is 5.56 Å². The maximum absolute atomic E-state index is 12.4. The minimum Gasteiger partial charge on any atom is -0.508 e. The number of hydrogen-bond acceptors (Lipinski definition) is 3. The molecule has 0 aliphatic heterocycles. The minimum absolute atomic E-state index is 0.0387. The molecule has 0 aliphatic rings. The first-order valence-corrected chi connectivity index (χ1v) is 6.95. The Kier molecular flexibility index (Phi) is 3.92. The van der Waals surface area contributed by atoms with Crippen molar-refractivity contribution in [3.8, 4) is 17.0 Å². The summed E-state index contributed by atoms with van der Waals surface area (Å²) >= 11 is 0. The van der Waals surface area contributed by atoms with Crippen LogP contribution in [0.25, 0.3) is 11.3 Å². The van der Waals surface area contributed by atoms with E-state index in [1.54, 1.807) is 42.9 Å². The molecule has 0 saturated carbocycles. The Morgan fingerprint density at radius 1 is 1.05 bits per heavy atom. The van der Waals surface area contributed by atoms with Gasteiger partial charge in [0.15, 0.2) is 6.20 Å². The molecule has 1 N–H and O–H groups in total. The fourth-order valence-electron chi connectivity index (χ4n) is 2.27. The Morgan fingerprint density at radius 3 is 2.50 bits per heavy atom. The van der Waals surface area contributed by atoms with Crippen LogP contribution >= 0.6 is 0 Å². The summed E-state index contributed by atoms with van der Waals surface area (Å²) in [7, 11) is 0. The van der Waals surface area contributed by atoms with E-state index in [4.69, 9.17) is 0 Å². The van der Waals surface area contributed by atoms with Crippen molar-refractivity contribution in [1.82, 2.24) is 4.98 Å². The summed E-state index contributed by atoms with van der Waals surface area (Å²) in [5, 5.41) is 9.39. The maximum Gasteiger partial charge on any atom is 0.231 e. The third-order valence-electron chi connectivity index (χ3n) is 3.41. The summed E-state index contributed by atoms with van der Waals surface area (Å²) in [5.74, 6) is 0.247. The molecule has 0 amide bonds. The van der Waals surface area contributed by atoms with Gasteiger partial charge in [0.1, 0.15) is 5.75 Å². The number of hydrogen-bond donors (Lipinski definition) is 1. The molecular formula is C18H15N2O2+. The second kappa shape index (κ2) is 6.18. The van der Waals surface area contributed by atoms with Crippen molar-refractivity contribution in [1.29, 1.82) is 0 Å². The van der Waals surface area contributed by atoms with E-state index in [1.165, 1.54) is 0 Å². The van der Waals surface area contributed by atoms with Gasteiger partial charge < -0.3 is 5.11 Å². The number of Topliss-reactive ketones (excluding diaryl/α,β-unsaturated/α-hetero) is 1. The average molecular weight is 291 g/mol. The Bertz CT molecular complexity index is 784. The molecule has 0 unspecified atom stereocenters. The zero-order valence-electron chi connectivity index (χ0n) is 11.9. The molecule has 0 bridgehead atoms. The molecule has 22 heavy (non-hydrogen) atoms. The molecule has 1 aromatic heterocycles. The van der Waals surface area contributed by atoms with E-state index in [9.17, 15) is 9.90 Å². The highest BCUT2D eigenvalue weighted by atomic mass is 16.3. The van der Waals surface area contributed by atoms with Gasteiger partial charge >= 0.3 is 0 Å². The highest BCUT2D eigenvalue weighted by molar-refractivity contribution is 5.95. The van der Waals surface area contributed by atoms with Crippen molar-refractivity contribution < 1.29 is 14.5 Å². The van der Waals surface area contributed by atoms with Crippen molar-refractivity contribution in [3.05, 3.63) is 78.8 Å². The highest BCUT2D eigenvalue weighted by Gasteiger charge is 2.17. The van der Waals surface area contributed by atoms with Gasteiger partial charge in [-0.2, -0.15) is 4.57 Å². The van der Waals surface area contributed by atoms with Gasteiger partial charge in [-0.15, -0.1) is 0 Å². The van der Waals surface area contributed by atoms with Crippen LogP contribution in [-0.4, -0.2) is 15.9 Å². The molecular weight excluding hydrogens is 276 g/mol. The van der Waals surface area contributed by atoms with E-state index in [-0.39, 0.29) is 18.1 Å². The topological polar surface area (TPSA) is 54.1 Å². The number of aromatic nitrogens is 2. The number of carbonyl (C=O) groups is 1. The number of benzene rings is 2. The highest BCUT2D eigenvalue weighted by Crippen LogP contribution is 2.18. The number of carbonyl (C=O) groups excluding carboxylic acids is 1. The number of ketones is 1. The zero-order chi connectivity index (χ0) is 15.4. The summed E-state index contributed by atoms with van der Waals surface area (Å²) in [6, 6.07) is 16.0. The lowest BCUT2D eigenvalue weighted by molar-refractivity contribution is -0.672. The third-order valence-corrected chi connectivity index (χ3v) is 3.41. The van der Waals surface area contributed by atoms with E-state index < -0.39 is 0 Å². The van der Waals surface area contributed by atoms with Crippen LogP contribution in [0.2, 0.25) is 0 Å². The third kappa shape index (κ3) is 3.01. The van der Waals surface area contributed by atoms with Crippen LogP contribution in [0, 0.1) is 0 Å². The van der Waals surface area contributed by atoms with Crippen LogP contribution in [0.1, 0.15) is 10.4 Å². The van der Waals surface area contributed by atoms with Crippen molar-refractivity contribution in [3.63, 3.8) is 0 Å². The molecule has 0 fully saturated rings. The molecule has 4 nitrogen and oxygen atoms in total. The molecule has 108 valence electrons. The lowest BCUT2D eigenvalue weighted by Gasteiger charge is -2.03. The predicted octanol–water partition coefficient (Wildman–Crippen LogP) is 2.62. The average Bonchev–Trinajstić information content (AvgIpc) is 2.57. The Labute approximate surface area is 128 Å². The number of nitrogens with zero attached hydrogens (tertiary/aromatic N) is 2. The Hall–Kier alpha value is -3.01. The van der Waals surface area contributed by atoms with Gasteiger partial charge in [-0.25, -0.2) is 0 Å². The summed E-state index contributed by atoms with van der Waals surface area (Å²) < 4.78 is 1.86. The fraction of sp³-hybridized carbons (Fsp3) is 0.0556. The minimum atomic E-state index is 0.0387. The summed E-state index contributed by atoms with van der Waals surface area (Å²) in [4.78, 5) is 16.5. The molecule has 0 aliphatic carbocycles. The van der Waals surface area contributed by atoms with Gasteiger partial charge in [0.25, 0.3) is 0 Å². The van der Waals surface area contributed by atoms with Crippen molar-refractivity contribution in [2.45, 2.75) is 6.54 Å². The molecule has 0 atom stereocenters. The Balaban J connectivity index is 1.92. The van der Waals surface area contributed by atoms with Crippen molar-refractivity contribution in [2.75, 3.05) is 0 Å². The molecule has 1 heterocycles. The first kappa shape index (κ1) is 13.9. The van der Waals surface area contributed by atoms with Gasteiger partial charge in [-0.3, -0.25) is 9.78 Å². The number of phenols is 1. The molecule has 4 heteroatoms. The van der Waals surface area contributed by atoms with Gasteiger partial charge in [0, 0.05) is 11.1 Å². The normalized spacial score (nSPS) is 10.4. The van der Waals surface area contributed by atoms with Crippen molar-refractivity contribution in [2.24, 2.45) is 0 Å². The van der Waals surface area contributed by atoms with E-state index >= 15 is 0 Å². The van der Waals surface area contributed by atoms with Gasteiger partial charge in [-0.1, -0.05) is 30.3 Å². The predicted molar refractivity (Wildman–Crippen MR) is 82.3 cm³/mol. The summed E-state index contributed by atoms with van der Waals surface area (Å²) in [6.07, 6.45) is 5.15. The fourth-order valence-corrected chi connectivity index (χ4v) is 2.27. The quantitative estimate of drug-likeness (QED) is 0.594. The SMILES string of the molecule is O=C(C[n+]1ccncc1-c1ccc(O)cc1)c1ccccc1. The van der Waals surface area contributed by atoms with E-state index in [1.807, 2.05) is 34.9 Å². The monoisotopic (exact) mass is 291 g/mol. The maximum atomic E-state index is 12.4. The first-order valence-electron chi connectivity index (χ1n) is 6.95. The first-order chi connectivity index (χ1) is 10.7. The van der Waals surface area contributed by atoms with Crippen LogP contribution in [-0.2, 0) is 6.54 Å². The molecule has 3 rings (SSSR count). The van der Waals surface area contributed by atoms with E-state index in [0.717, 1.165) is 11.3 Å². The van der Waals surface area contributed by atoms with Crippen LogP contribution in [0.5, 0.6) is 5.75 Å². The van der Waals surface area contributed by atoms with Gasteiger partial charge in [-0.05, 0) is 24.3 Å². The van der Waals surface area contributed by atoms with Crippen LogP contribution in [0.4, 0.5) is 0 Å². The summed E-state index contributed by atoms with van der Waals surface area (Å²) in [6.45, 7) is 0.239. The molecule has 2 aromatic carbocycles. The van der Waals surface area contributed by atoms with Crippen LogP contribution < -0.4 is 4.57 Å². The number of phenolic OH excluding ortho intramolecular Hbond substituents is 1. The second-order valence-electron chi connectivity index (χ2n) is 4.93. The lowest BCUT2D eigenvalue weighted by Crippen LogP contribution is -2.40. The number of rotatable bonds is 4. The standard InChI is InChI=1S/C18H14N2O2/c21-16-8-6-14(7-9-16)17-12-19-10-11-20(17)13-18(22)15-4-2-1-3-5-15/h1-12H,13H2/p+1. The zero-order valence-corrected chi connectivity index (χ0v) is 11.9. The van der Waals surface area contributed by atoms with Gasteiger partial charge in [0.05, 0.1) is 12.4 Å². The molecule has 0 spiro atoms. The summed E-state index contributed by atoms with van der Waals surface area (Å²) in [5.41, 5.74) is 2.40.